The topological polar surface area (TPSA) is 60.8 Å². The normalized spacial score (nSPS) is 38.0. The predicted octanol–water partition coefficient (Wildman–Crippen LogP) is 3.23. The van der Waals surface area contributed by atoms with Crippen molar-refractivity contribution in [2.24, 2.45) is 16.7 Å². The lowest BCUT2D eigenvalue weighted by Crippen LogP contribution is -2.35. The maximum atomic E-state index is 12.5. The molecule has 3 aliphatic rings. The fourth-order valence-corrected chi connectivity index (χ4v) is 5.54. The third kappa shape index (κ3) is 3.11. The molecule has 1 aliphatic heterocycles. The van der Waals surface area contributed by atoms with Crippen LogP contribution in [0.15, 0.2) is 24.3 Å². The lowest BCUT2D eigenvalue weighted by molar-refractivity contribution is 0.0129. The zero-order valence-corrected chi connectivity index (χ0v) is 15.3. The smallest absolute Gasteiger partial charge is 0.176 e. The molecule has 2 aliphatic carbocycles. The van der Waals surface area contributed by atoms with Gasteiger partial charge in [-0.2, -0.15) is 0 Å². The number of ketones is 1. The van der Waals surface area contributed by atoms with Gasteiger partial charge in [0.2, 0.25) is 0 Å². The van der Waals surface area contributed by atoms with Crippen LogP contribution in [-0.4, -0.2) is 46.1 Å². The number of hydrogen-bond donors (Lipinski definition) is 2. The highest BCUT2D eigenvalue weighted by Gasteiger charge is 2.62. The highest BCUT2D eigenvalue weighted by Crippen LogP contribution is 2.62. The Morgan fingerprint density at radius 3 is 2.20 bits per heavy atom. The molecule has 4 heteroatoms. The van der Waals surface area contributed by atoms with Gasteiger partial charge < -0.3 is 10.2 Å². The number of likely N-dealkylation sites (tertiary alicyclic amines) is 1. The molecule has 0 radical (unpaired) electrons. The Morgan fingerprint density at radius 1 is 1.12 bits per heavy atom. The van der Waals surface area contributed by atoms with Gasteiger partial charge in [-0.15, -0.1) is 0 Å². The van der Waals surface area contributed by atoms with Gasteiger partial charge in [-0.3, -0.25) is 9.69 Å². The van der Waals surface area contributed by atoms with E-state index in [-0.39, 0.29) is 22.4 Å². The molecule has 0 bridgehead atoms. The van der Waals surface area contributed by atoms with Crippen LogP contribution in [0.25, 0.3) is 0 Å². The second kappa shape index (κ2) is 5.55. The number of phenols is 1. The first-order chi connectivity index (χ1) is 11.7. The van der Waals surface area contributed by atoms with Crippen LogP contribution in [0.3, 0.4) is 0 Å². The Bertz CT molecular complexity index is 661. The van der Waals surface area contributed by atoms with E-state index in [0.717, 1.165) is 38.3 Å². The van der Waals surface area contributed by atoms with Crippen molar-refractivity contribution < 1.29 is 15.0 Å². The average Bonchev–Trinajstić information content (AvgIpc) is 3.21. The molecule has 2 unspecified atom stereocenters. The fraction of sp³-hybridized carbons (Fsp3) is 0.667. The molecule has 0 amide bonds. The van der Waals surface area contributed by atoms with Crippen molar-refractivity contribution in [2.75, 3.05) is 19.6 Å². The van der Waals surface area contributed by atoms with E-state index in [2.05, 4.69) is 18.7 Å². The van der Waals surface area contributed by atoms with E-state index in [1.54, 1.807) is 24.3 Å². The summed E-state index contributed by atoms with van der Waals surface area (Å²) in [5.74, 6) is 1.02. The molecular formula is C21H29NO3. The summed E-state index contributed by atoms with van der Waals surface area (Å²) in [6.07, 6.45) is 5.24. The van der Waals surface area contributed by atoms with Gasteiger partial charge in [-0.1, -0.05) is 26.7 Å². The first kappa shape index (κ1) is 17.0. The van der Waals surface area contributed by atoms with Gasteiger partial charge in [0.25, 0.3) is 0 Å². The lowest BCUT2D eigenvalue weighted by atomic mass is 9.71. The lowest BCUT2D eigenvalue weighted by Gasteiger charge is -2.32. The molecule has 0 aromatic heterocycles. The molecule has 1 saturated heterocycles. The van der Waals surface area contributed by atoms with E-state index in [4.69, 9.17) is 0 Å². The number of fused-ring (bicyclic) bond motifs is 1. The molecule has 136 valence electrons. The minimum absolute atomic E-state index is 0.0753. The molecule has 3 fully saturated rings. The van der Waals surface area contributed by atoms with Crippen LogP contribution in [0.4, 0.5) is 0 Å². The van der Waals surface area contributed by atoms with Crippen molar-refractivity contribution in [2.45, 2.75) is 51.6 Å². The van der Waals surface area contributed by atoms with E-state index >= 15 is 0 Å². The number of aromatic hydroxyl groups is 1. The number of rotatable bonds is 5. The molecule has 2 N–H and O–H groups in total. The van der Waals surface area contributed by atoms with E-state index < -0.39 is 5.60 Å². The number of aliphatic hydroxyl groups is 1. The molecule has 4 rings (SSSR count). The number of carbonyl (C=O) groups excluding carboxylic acids is 1. The second-order valence-electron chi connectivity index (χ2n) is 9.46. The number of Topliss-reactive ketones (excluding diaryl/α,β-unsaturated/α-hetero) is 1. The zero-order chi connectivity index (χ0) is 17.9. The van der Waals surface area contributed by atoms with E-state index in [9.17, 15) is 15.0 Å². The molecule has 1 heterocycles. The summed E-state index contributed by atoms with van der Waals surface area (Å²) in [6.45, 7) is 6.75. The predicted molar refractivity (Wildman–Crippen MR) is 96.6 cm³/mol. The molecule has 0 spiro atoms. The van der Waals surface area contributed by atoms with Crippen molar-refractivity contribution in [1.29, 1.82) is 0 Å². The summed E-state index contributed by atoms with van der Waals surface area (Å²) in [4.78, 5) is 14.8. The Morgan fingerprint density at radius 2 is 1.68 bits per heavy atom. The summed E-state index contributed by atoms with van der Waals surface area (Å²) >= 11 is 0. The van der Waals surface area contributed by atoms with Crippen molar-refractivity contribution in [1.82, 2.24) is 4.90 Å². The van der Waals surface area contributed by atoms with Gasteiger partial charge in [0, 0.05) is 18.7 Å². The quantitative estimate of drug-likeness (QED) is 0.806. The van der Waals surface area contributed by atoms with Crippen LogP contribution in [-0.2, 0) is 0 Å². The minimum Gasteiger partial charge on any atom is -0.508 e. The Hall–Kier alpha value is -1.39. The highest BCUT2D eigenvalue weighted by atomic mass is 16.3. The molecule has 4 nitrogen and oxygen atoms in total. The van der Waals surface area contributed by atoms with Crippen molar-refractivity contribution in [3.8, 4) is 5.75 Å². The Labute approximate surface area is 149 Å². The van der Waals surface area contributed by atoms with E-state index in [1.165, 1.54) is 12.8 Å². The van der Waals surface area contributed by atoms with Gasteiger partial charge in [0.1, 0.15) is 5.75 Å². The van der Waals surface area contributed by atoms with E-state index in [1.807, 2.05) is 0 Å². The van der Waals surface area contributed by atoms with Crippen molar-refractivity contribution >= 4 is 5.78 Å². The van der Waals surface area contributed by atoms with Crippen LogP contribution in [0.2, 0.25) is 0 Å². The van der Waals surface area contributed by atoms with Gasteiger partial charge >= 0.3 is 0 Å². The standard InChI is InChI=1S/C21H29NO3/c1-19-11-21(25,9-15-3-4-15)12-20(19,2)14-22(13-19)10-18(24)16-5-7-17(23)8-6-16/h5-8,15,23,25H,3-4,9-14H2,1-2H3. The third-order valence-electron chi connectivity index (χ3n) is 6.96. The number of benzene rings is 1. The van der Waals surface area contributed by atoms with Gasteiger partial charge in [0.05, 0.1) is 12.1 Å². The third-order valence-corrected chi connectivity index (χ3v) is 6.96. The maximum absolute atomic E-state index is 12.5. The number of hydrogen-bond acceptors (Lipinski definition) is 4. The number of carbonyl (C=O) groups is 1. The summed E-state index contributed by atoms with van der Waals surface area (Å²) in [7, 11) is 0. The summed E-state index contributed by atoms with van der Waals surface area (Å²) < 4.78 is 0. The summed E-state index contributed by atoms with van der Waals surface area (Å²) in [5, 5.41) is 20.5. The summed E-state index contributed by atoms with van der Waals surface area (Å²) in [6, 6.07) is 6.50. The molecule has 1 aromatic carbocycles. The van der Waals surface area contributed by atoms with Crippen LogP contribution < -0.4 is 0 Å². The molecular weight excluding hydrogens is 314 g/mol. The van der Waals surface area contributed by atoms with E-state index in [0.29, 0.717) is 12.1 Å². The fourth-order valence-electron chi connectivity index (χ4n) is 5.54. The van der Waals surface area contributed by atoms with Crippen LogP contribution in [0, 0.1) is 16.7 Å². The maximum Gasteiger partial charge on any atom is 0.176 e. The van der Waals surface area contributed by atoms with Gasteiger partial charge in [0.15, 0.2) is 5.78 Å². The van der Waals surface area contributed by atoms with Crippen LogP contribution in [0.1, 0.15) is 56.3 Å². The Balaban J connectivity index is 1.43. The SMILES string of the molecule is CC12CN(CC(=O)c3ccc(O)cc3)CC1(C)CC(O)(CC1CC1)C2. The number of phenolic OH excluding ortho intramolecular Hbond substituents is 1. The Kier molecular flexibility index (Phi) is 3.79. The molecule has 2 saturated carbocycles. The average molecular weight is 343 g/mol. The molecule has 25 heavy (non-hydrogen) atoms. The molecule has 2 atom stereocenters. The minimum atomic E-state index is -0.502. The highest BCUT2D eigenvalue weighted by molar-refractivity contribution is 5.97. The van der Waals surface area contributed by atoms with Gasteiger partial charge in [-0.05, 0) is 60.3 Å². The van der Waals surface area contributed by atoms with Crippen LogP contribution >= 0.6 is 0 Å². The monoisotopic (exact) mass is 343 g/mol. The molecule has 1 aromatic rings. The zero-order valence-electron chi connectivity index (χ0n) is 15.3. The van der Waals surface area contributed by atoms with Gasteiger partial charge in [-0.25, -0.2) is 0 Å². The van der Waals surface area contributed by atoms with Crippen molar-refractivity contribution in [3.63, 3.8) is 0 Å². The van der Waals surface area contributed by atoms with Crippen molar-refractivity contribution in [3.05, 3.63) is 29.8 Å². The number of nitrogens with zero attached hydrogens (tertiary/aromatic N) is 1. The first-order valence-corrected chi connectivity index (χ1v) is 9.47. The largest absolute Gasteiger partial charge is 0.508 e. The summed E-state index contributed by atoms with van der Waals surface area (Å²) in [5.41, 5.74) is 0.297. The first-order valence-electron chi connectivity index (χ1n) is 9.47. The second-order valence-corrected chi connectivity index (χ2v) is 9.46. The van der Waals surface area contributed by atoms with Crippen LogP contribution in [0.5, 0.6) is 5.75 Å².